The molecular formula is C53H34N2. The first-order chi connectivity index (χ1) is 27.3. The Balaban J connectivity index is 1.11. The SMILES string of the molecule is C1=Cc2c(c3c(c4cc(-c5ccc6c(c5)c5ccccc5n6-c5ccc(-c6ccccc6)cc5)ccc4n3-c3ccccc3)c3c2ccc2ccccc23)C1. The highest BCUT2D eigenvalue weighted by atomic mass is 15.0. The number of allylic oxidation sites excluding steroid dienone is 1. The van der Waals surface area contributed by atoms with Crippen LogP contribution in [0.2, 0.25) is 0 Å². The third-order valence-corrected chi connectivity index (χ3v) is 11.9. The van der Waals surface area contributed by atoms with Gasteiger partial charge in [-0.1, -0.05) is 140 Å². The minimum atomic E-state index is 0.931. The normalized spacial score (nSPS) is 12.6. The first-order valence-electron chi connectivity index (χ1n) is 19.2. The van der Waals surface area contributed by atoms with Crippen LogP contribution in [0.25, 0.3) is 105 Å². The fourth-order valence-electron chi connectivity index (χ4n) is 9.47. The predicted molar refractivity (Wildman–Crippen MR) is 234 cm³/mol. The molecule has 11 aromatic rings. The van der Waals surface area contributed by atoms with Crippen LogP contribution in [-0.2, 0) is 6.42 Å². The van der Waals surface area contributed by atoms with E-state index in [1.807, 2.05) is 0 Å². The lowest BCUT2D eigenvalue weighted by Crippen LogP contribution is -1.97. The van der Waals surface area contributed by atoms with Gasteiger partial charge < -0.3 is 9.13 Å². The minimum absolute atomic E-state index is 0.931. The number of hydrogen-bond acceptors (Lipinski definition) is 0. The summed E-state index contributed by atoms with van der Waals surface area (Å²) in [6, 6.07) is 67.0. The summed E-state index contributed by atoms with van der Waals surface area (Å²) in [7, 11) is 0. The van der Waals surface area contributed by atoms with Crippen LogP contribution >= 0.6 is 0 Å². The molecule has 0 aliphatic heterocycles. The van der Waals surface area contributed by atoms with E-state index in [0.29, 0.717) is 0 Å². The van der Waals surface area contributed by atoms with Gasteiger partial charge in [0.05, 0.1) is 22.1 Å². The average Bonchev–Trinajstić information content (AvgIpc) is 3.97. The Labute approximate surface area is 318 Å². The Bertz CT molecular complexity index is 3360. The summed E-state index contributed by atoms with van der Waals surface area (Å²) in [6.07, 6.45) is 5.61. The molecule has 55 heavy (non-hydrogen) atoms. The van der Waals surface area contributed by atoms with Crippen LogP contribution in [0.3, 0.4) is 0 Å². The van der Waals surface area contributed by atoms with Gasteiger partial charge in [-0.3, -0.25) is 0 Å². The van der Waals surface area contributed by atoms with E-state index < -0.39 is 0 Å². The summed E-state index contributed by atoms with van der Waals surface area (Å²) in [5, 5.41) is 10.4. The van der Waals surface area contributed by atoms with Crippen molar-refractivity contribution < 1.29 is 0 Å². The molecule has 1 aliphatic rings. The molecule has 0 saturated carbocycles. The van der Waals surface area contributed by atoms with E-state index >= 15 is 0 Å². The van der Waals surface area contributed by atoms with Gasteiger partial charge in [-0.25, -0.2) is 0 Å². The van der Waals surface area contributed by atoms with Crippen molar-refractivity contribution in [2.24, 2.45) is 0 Å². The van der Waals surface area contributed by atoms with Crippen molar-refractivity contribution in [3.05, 3.63) is 199 Å². The first-order valence-corrected chi connectivity index (χ1v) is 19.2. The van der Waals surface area contributed by atoms with Crippen LogP contribution in [0.4, 0.5) is 0 Å². The van der Waals surface area contributed by atoms with E-state index in [2.05, 4.69) is 203 Å². The number of nitrogens with zero attached hydrogens (tertiary/aromatic N) is 2. The zero-order valence-corrected chi connectivity index (χ0v) is 30.1. The molecular weight excluding hydrogens is 665 g/mol. The molecule has 256 valence electrons. The van der Waals surface area contributed by atoms with Crippen molar-refractivity contribution >= 4 is 71.2 Å². The highest BCUT2D eigenvalue weighted by Gasteiger charge is 2.24. The highest BCUT2D eigenvalue weighted by Crippen LogP contribution is 2.47. The smallest absolute Gasteiger partial charge is 0.0588 e. The average molecular weight is 699 g/mol. The Morgan fingerprint density at radius 3 is 1.76 bits per heavy atom. The van der Waals surface area contributed by atoms with Gasteiger partial charge in [0.1, 0.15) is 0 Å². The second-order valence-corrected chi connectivity index (χ2v) is 14.8. The number of rotatable bonds is 4. The topological polar surface area (TPSA) is 9.86 Å². The number of benzene rings is 9. The predicted octanol–water partition coefficient (Wildman–Crippen LogP) is 14.1. The van der Waals surface area contributed by atoms with Crippen molar-refractivity contribution in [1.29, 1.82) is 0 Å². The molecule has 2 aromatic heterocycles. The Kier molecular flexibility index (Phi) is 6.43. The van der Waals surface area contributed by atoms with Gasteiger partial charge in [-0.2, -0.15) is 0 Å². The maximum Gasteiger partial charge on any atom is 0.0588 e. The van der Waals surface area contributed by atoms with Gasteiger partial charge in [-0.05, 0) is 111 Å². The molecule has 0 unspecified atom stereocenters. The van der Waals surface area contributed by atoms with Crippen LogP contribution in [0.1, 0.15) is 11.1 Å². The van der Waals surface area contributed by atoms with Gasteiger partial charge >= 0.3 is 0 Å². The molecule has 0 spiro atoms. The van der Waals surface area contributed by atoms with Crippen molar-refractivity contribution in [2.75, 3.05) is 0 Å². The van der Waals surface area contributed by atoms with E-state index in [9.17, 15) is 0 Å². The van der Waals surface area contributed by atoms with Gasteiger partial charge in [0.15, 0.2) is 0 Å². The van der Waals surface area contributed by atoms with E-state index in [4.69, 9.17) is 0 Å². The van der Waals surface area contributed by atoms with Crippen molar-refractivity contribution in [3.63, 3.8) is 0 Å². The van der Waals surface area contributed by atoms with E-state index in [1.165, 1.54) is 104 Å². The molecule has 2 heteroatoms. The Hall–Kier alpha value is -7.16. The second kappa shape index (κ2) is 11.7. The summed E-state index contributed by atoms with van der Waals surface area (Å²) < 4.78 is 4.92. The van der Waals surface area contributed by atoms with Crippen molar-refractivity contribution in [1.82, 2.24) is 9.13 Å². The molecule has 0 amide bonds. The zero-order valence-electron chi connectivity index (χ0n) is 30.1. The molecule has 0 atom stereocenters. The van der Waals surface area contributed by atoms with Gasteiger partial charge in [-0.15, -0.1) is 0 Å². The molecule has 1 aliphatic carbocycles. The fraction of sp³-hybridized carbons (Fsp3) is 0.0189. The lowest BCUT2D eigenvalue weighted by atomic mass is 9.91. The van der Waals surface area contributed by atoms with Crippen LogP contribution in [0, 0.1) is 0 Å². The monoisotopic (exact) mass is 698 g/mol. The lowest BCUT2D eigenvalue weighted by Gasteiger charge is -2.14. The van der Waals surface area contributed by atoms with Crippen LogP contribution in [0.15, 0.2) is 188 Å². The number of fused-ring (bicyclic) bond motifs is 13. The van der Waals surface area contributed by atoms with Gasteiger partial charge in [0, 0.05) is 38.3 Å². The van der Waals surface area contributed by atoms with Gasteiger partial charge in [0.25, 0.3) is 0 Å². The third kappa shape index (κ3) is 4.43. The van der Waals surface area contributed by atoms with Crippen LogP contribution < -0.4 is 0 Å². The molecule has 0 fully saturated rings. The van der Waals surface area contributed by atoms with Crippen molar-refractivity contribution in [3.8, 4) is 33.6 Å². The zero-order chi connectivity index (χ0) is 36.0. The lowest BCUT2D eigenvalue weighted by molar-refractivity contribution is 1.16. The molecule has 12 rings (SSSR count). The quantitative estimate of drug-likeness (QED) is 0.162. The number of hydrogen-bond donors (Lipinski definition) is 0. The number of aromatic nitrogens is 2. The summed E-state index contributed by atoms with van der Waals surface area (Å²) >= 11 is 0. The third-order valence-electron chi connectivity index (χ3n) is 11.9. The summed E-state index contributed by atoms with van der Waals surface area (Å²) in [6.45, 7) is 0. The standard InChI is InChI=1S/C53H34N2/c1-3-12-34(13-4-1)35-22-27-40(28-23-35)54-48-21-10-9-18-43(48)46-32-37(25-30-49(46)54)38-26-31-50-47(33-38)52-51-41-17-8-7-14-36(41)24-29-44(51)42-19-11-20-45(42)53(52)55(50)39-15-5-2-6-16-39/h1-19,21-33H,20H2. The summed E-state index contributed by atoms with van der Waals surface area (Å²) in [5.41, 5.74) is 15.0. The van der Waals surface area contributed by atoms with E-state index in [1.54, 1.807) is 0 Å². The summed E-state index contributed by atoms with van der Waals surface area (Å²) in [4.78, 5) is 0. The molecule has 0 N–H and O–H groups in total. The fourth-order valence-corrected chi connectivity index (χ4v) is 9.47. The summed E-state index contributed by atoms with van der Waals surface area (Å²) in [5.74, 6) is 0. The number of para-hydroxylation sites is 2. The van der Waals surface area contributed by atoms with Crippen LogP contribution in [-0.4, -0.2) is 9.13 Å². The molecule has 0 bridgehead atoms. The maximum atomic E-state index is 2.52. The molecule has 2 heterocycles. The Morgan fingerprint density at radius 1 is 0.364 bits per heavy atom. The molecule has 9 aromatic carbocycles. The van der Waals surface area contributed by atoms with E-state index in [0.717, 1.165) is 12.1 Å². The maximum absolute atomic E-state index is 2.52. The second-order valence-electron chi connectivity index (χ2n) is 14.8. The van der Waals surface area contributed by atoms with Crippen molar-refractivity contribution in [2.45, 2.75) is 6.42 Å². The van der Waals surface area contributed by atoms with E-state index in [-0.39, 0.29) is 0 Å². The minimum Gasteiger partial charge on any atom is -0.309 e. The molecule has 2 nitrogen and oxygen atoms in total. The largest absolute Gasteiger partial charge is 0.309 e. The molecule has 0 saturated heterocycles. The van der Waals surface area contributed by atoms with Gasteiger partial charge in [0.2, 0.25) is 0 Å². The highest BCUT2D eigenvalue weighted by molar-refractivity contribution is 6.31. The van der Waals surface area contributed by atoms with Crippen LogP contribution in [0.5, 0.6) is 0 Å². The Morgan fingerprint density at radius 2 is 0.964 bits per heavy atom. The first kappa shape index (κ1) is 30.3. The molecule has 0 radical (unpaired) electrons.